The van der Waals surface area contributed by atoms with Gasteiger partial charge in [0.2, 0.25) is 5.91 Å². The third-order valence-electron chi connectivity index (χ3n) is 7.46. The summed E-state index contributed by atoms with van der Waals surface area (Å²) in [5, 5.41) is 25.3. The number of carboxylic acids is 2. The molecule has 0 bridgehead atoms. The highest BCUT2D eigenvalue weighted by Crippen LogP contribution is 2.56. The van der Waals surface area contributed by atoms with E-state index in [1.807, 2.05) is 0 Å². The van der Waals surface area contributed by atoms with Gasteiger partial charge in [-0.05, 0) is 61.1 Å². The van der Waals surface area contributed by atoms with Crippen LogP contribution in [0.4, 0.5) is 5.69 Å². The summed E-state index contributed by atoms with van der Waals surface area (Å²) < 4.78 is 0. The van der Waals surface area contributed by atoms with Crippen LogP contribution in [-0.4, -0.2) is 40.0 Å². The second-order valence-corrected chi connectivity index (χ2v) is 10.6. The molecule has 8 nitrogen and oxygen atoms in total. The van der Waals surface area contributed by atoms with Crippen molar-refractivity contribution < 1.29 is 29.4 Å². The molecule has 1 aliphatic carbocycles. The highest BCUT2D eigenvalue weighted by molar-refractivity contribution is 6.42. The highest BCUT2D eigenvalue weighted by atomic mass is 35.5. The zero-order valence-electron chi connectivity index (χ0n) is 20.1. The van der Waals surface area contributed by atoms with Gasteiger partial charge in [-0.3, -0.25) is 14.4 Å². The van der Waals surface area contributed by atoms with Crippen molar-refractivity contribution in [3.63, 3.8) is 0 Å². The van der Waals surface area contributed by atoms with Crippen molar-refractivity contribution in [1.29, 1.82) is 0 Å². The average molecular weight is 535 g/mol. The molecule has 3 rings (SSSR count). The number of hydrogen-bond donors (Lipinski definition) is 4. The van der Waals surface area contributed by atoms with Crippen LogP contribution < -0.4 is 10.6 Å². The zero-order valence-corrected chi connectivity index (χ0v) is 21.6. The Bertz CT molecular complexity index is 1200. The molecule has 0 heterocycles. The minimum absolute atomic E-state index is 0.0193. The fraction of sp³-hybridized carbons (Fsp3) is 0.385. The summed E-state index contributed by atoms with van der Waals surface area (Å²) in [6.45, 7) is 5.09. The summed E-state index contributed by atoms with van der Waals surface area (Å²) in [4.78, 5) is 49.1. The van der Waals surface area contributed by atoms with Gasteiger partial charge in [0.25, 0.3) is 5.91 Å². The molecule has 0 aliphatic heterocycles. The molecule has 1 fully saturated rings. The second-order valence-electron chi connectivity index (χ2n) is 9.83. The molecule has 2 aromatic carbocycles. The van der Waals surface area contributed by atoms with Gasteiger partial charge < -0.3 is 20.8 Å². The molecule has 0 spiro atoms. The molecule has 0 aromatic heterocycles. The summed E-state index contributed by atoms with van der Waals surface area (Å²) in [6, 6.07) is 9.91. The Balaban J connectivity index is 1.66. The molecule has 36 heavy (non-hydrogen) atoms. The van der Waals surface area contributed by atoms with E-state index in [1.165, 1.54) is 12.1 Å². The molecule has 10 heteroatoms. The van der Waals surface area contributed by atoms with Gasteiger partial charge in [-0.2, -0.15) is 0 Å². The van der Waals surface area contributed by atoms with Crippen LogP contribution in [0.1, 0.15) is 49.5 Å². The van der Waals surface area contributed by atoms with Crippen molar-refractivity contribution in [3.8, 4) is 0 Å². The smallest absolute Gasteiger partial charge is 0.326 e. The van der Waals surface area contributed by atoms with Gasteiger partial charge in [-0.25, -0.2) is 4.79 Å². The number of anilines is 1. The number of amides is 2. The Morgan fingerprint density at radius 3 is 2.17 bits per heavy atom. The van der Waals surface area contributed by atoms with Crippen LogP contribution >= 0.6 is 23.2 Å². The maximum Gasteiger partial charge on any atom is 0.326 e. The number of hydrogen-bond acceptors (Lipinski definition) is 4. The minimum atomic E-state index is -1.20. The Kier molecular flexibility index (Phi) is 8.00. The lowest BCUT2D eigenvalue weighted by atomic mass is 9.65. The van der Waals surface area contributed by atoms with Crippen LogP contribution in [0.15, 0.2) is 42.5 Å². The summed E-state index contributed by atoms with van der Waals surface area (Å²) in [5.74, 6) is -3.65. The lowest BCUT2D eigenvalue weighted by Crippen LogP contribution is -2.49. The van der Waals surface area contributed by atoms with Crippen molar-refractivity contribution in [1.82, 2.24) is 5.32 Å². The summed E-state index contributed by atoms with van der Waals surface area (Å²) in [5.41, 5.74) is -0.468. The van der Waals surface area contributed by atoms with Crippen molar-refractivity contribution >= 4 is 52.6 Å². The topological polar surface area (TPSA) is 133 Å². The minimum Gasteiger partial charge on any atom is -0.481 e. The van der Waals surface area contributed by atoms with Gasteiger partial charge >= 0.3 is 11.9 Å². The molecule has 0 radical (unpaired) electrons. The van der Waals surface area contributed by atoms with E-state index in [4.69, 9.17) is 23.2 Å². The van der Waals surface area contributed by atoms with E-state index in [2.05, 4.69) is 10.6 Å². The molecule has 0 saturated heterocycles. The molecule has 2 amide bonds. The molecule has 192 valence electrons. The maximum atomic E-state index is 13.0. The fourth-order valence-corrected chi connectivity index (χ4v) is 4.91. The highest BCUT2D eigenvalue weighted by Gasteiger charge is 2.58. The number of benzene rings is 2. The Morgan fingerprint density at radius 1 is 1.00 bits per heavy atom. The lowest BCUT2D eigenvalue weighted by Gasteiger charge is -2.38. The van der Waals surface area contributed by atoms with Crippen molar-refractivity contribution in [2.45, 2.75) is 46.1 Å². The first kappa shape index (κ1) is 27.5. The van der Waals surface area contributed by atoms with E-state index >= 15 is 0 Å². The summed E-state index contributed by atoms with van der Waals surface area (Å²) in [7, 11) is 0. The van der Waals surface area contributed by atoms with Crippen molar-refractivity contribution in [2.75, 3.05) is 5.32 Å². The van der Waals surface area contributed by atoms with E-state index in [0.29, 0.717) is 34.7 Å². The van der Waals surface area contributed by atoms with Gasteiger partial charge in [-0.15, -0.1) is 0 Å². The first-order chi connectivity index (χ1) is 16.8. The quantitative estimate of drug-likeness (QED) is 0.381. The average Bonchev–Trinajstić information content (AvgIpc) is 3.06. The number of carbonyl (C=O) groups excluding carboxylic acids is 2. The monoisotopic (exact) mass is 534 g/mol. The van der Waals surface area contributed by atoms with Gasteiger partial charge in [0, 0.05) is 23.6 Å². The normalized spacial score (nSPS) is 21.4. The number of rotatable bonds is 8. The molecular weight excluding hydrogens is 507 g/mol. The van der Waals surface area contributed by atoms with Gasteiger partial charge in [0.15, 0.2) is 0 Å². The molecular formula is C26H28Cl2N2O6. The SMILES string of the molecule is CC1(C(=O)O)CCC(C(=O)N[C@@H](Cc2ccc(NC(=O)c3ccc(Cl)c(Cl)c3)cc2)C(=O)O)C1(C)C. The number of halogens is 2. The van der Waals surface area contributed by atoms with Crippen LogP contribution in [0, 0.1) is 16.7 Å². The largest absolute Gasteiger partial charge is 0.481 e. The van der Waals surface area contributed by atoms with E-state index in [-0.39, 0.29) is 17.4 Å². The maximum absolute atomic E-state index is 13.0. The molecule has 2 unspecified atom stereocenters. The Hall–Kier alpha value is -3.10. The number of nitrogens with one attached hydrogen (secondary N) is 2. The van der Waals surface area contributed by atoms with Gasteiger partial charge in [0.1, 0.15) is 6.04 Å². The lowest BCUT2D eigenvalue weighted by molar-refractivity contribution is -0.155. The van der Waals surface area contributed by atoms with Crippen LogP contribution in [0.25, 0.3) is 0 Å². The predicted molar refractivity (Wildman–Crippen MR) is 136 cm³/mol. The van der Waals surface area contributed by atoms with E-state index in [9.17, 15) is 29.4 Å². The fourth-order valence-electron chi connectivity index (χ4n) is 4.61. The number of carbonyl (C=O) groups is 4. The molecule has 1 saturated carbocycles. The summed E-state index contributed by atoms with van der Waals surface area (Å²) in [6.07, 6.45) is 0.715. The summed E-state index contributed by atoms with van der Waals surface area (Å²) >= 11 is 11.8. The molecule has 4 N–H and O–H groups in total. The standard InChI is InChI=1S/C26H28Cl2N2O6/c1-25(2)17(10-11-26(25,3)24(35)36)22(32)30-20(23(33)34)12-14-4-7-16(8-5-14)29-21(31)15-6-9-18(27)19(28)13-15/h4-9,13,17,20H,10-12H2,1-3H3,(H,29,31)(H,30,32)(H,33,34)(H,35,36)/t17?,20-,26?/m0/s1. The third-order valence-corrected chi connectivity index (χ3v) is 8.20. The molecule has 3 atom stereocenters. The Morgan fingerprint density at radius 2 is 1.64 bits per heavy atom. The first-order valence-corrected chi connectivity index (χ1v) is 12.1. The van der Waals surface area contributed by atoms with Crippen molar-refractivity contribution in [3.05, 3.63) is 63.6 Å². The predicted octanol–water partition coefficient (Wildman–Crippen LogP) is 4.88. The molecule has 2 aromatic rings. The van der Waals surface area contributed by atoms with Crippen LogP contribution in [0.2, 0.25) is 10.0 Å². The Labute approximate surface area is 219 Å². The molecule has 1 aliphatic rings. The number of aliphatic carboxylic acids is 2. The zero-order chi connectivity index (χ0) is 26.8. The van der Waals surface area contributed by atoms with Crippen LogP contribution in [0.3, 0.4) is 0 Å². The van der Waals surface area contributed by atoms with Crippen LogP contribution in [-0.2, 0) is 20.8 Å². The van der Waals surface area contributed by atoms with Crippen molar-refractivity contribution in [2.24, 2.45) is 16.7 Å². The van der Waals surface area contributed by atoms with E-state index in [1.54, 1.807) is 51.1 Å². The number of carboxylic acid groups (broad SMARTS) is 2. The first-order valence-electron chi connectivity index (χ1n) is 11.4. The van der Waals surface area contributed by atoms with E-state index < -0.39 is 40.6 Å². The van der Waals surface area contributed by atoms with Gasteiger partial charge in [-0.1, -0.05) is 49.2 Å². The second kappa shape index (κ2) is 10.5. The van der Waals surface area contributed by atoms with Gasteiger partial charge in [0.05, 0.1) is 15.5 Å². The van der Waals surface area contributed by atoms with Crippen LogP contribution in [0.5, 0.6) is 0 Å². The third kappa shape index (κ3) is 5.50. The van der Waals surface area contributed by atoms with E-state index in [0.717, 1.165) is 0 Å².